The largest absolute Gasteiger partial charge is 0.373 e. The summed E-state index contributed by atoms with van der Waals surface area (Å²) in [6.07, 6.45) is 1.22. The molecule has 1 saturated heterocycles. The van der Waals surface area contributed by atoms with Gasteiger partial charge in [-0.2, -0.15) is 0 Å². The van der Waals surface area contributed by atoms with Gasteiger partial charge in [0.15, 0.2) is 0 Å². The third-order valence-electron chi connectivity index (χ3n) is 4.32. The van der Waals surface area contributed by atoms with Crippen molar-refractivity contribution in [2.45, 2.75) is 46.1 Å². The van der Waals surface area contributed by atoms with E-state index in [4.69, 9.17) is 4.98 Å². The summed E-state index contributed by atoms with van der Waals surface area (Å²) in [5, 5.41) is 3.15. The minimum absolute atomic E-state index is 0.346. The summed E-state index contributed by atoms with van der Waals surface area (Å²) < 4.78 is 0. The molecule has 0 amide bonds. The van der Waals surface area contributed by atoms with Crippen LogP contribution in [0.3, 0.4) is 0 Å². The van der Waals surface area contributed by atoms with Crippen molar-refractivity contribution >= 4 is 11.6 Å². The Morgan fingerprint density at radius 3 is 2.62 bits per heavy atom. The minimum atomic E-state index is 0.346. The maximum atomic E-state index is 4.76. The Hall–Kier alpha value is -1.36. The van der Waals surface area contributed by atoms with E-state index in [-0.39, 0.29) is 0 Å². The van der Waals surface area contributed by atoms with Gasteiger partial charge >= 0.3 is 0 Å². The van der Waals surface area contributed by atoms with Gasteiger partial charge < -0.3 is 10.2 Å². The predicted octanol–water partition coefficient (Wildman–Crippen LogP) is 2.56. The first-order chi connectivity index (χ1) is 10.1. The highest BCUT2D eigenvalue weighted by molar-refractivity contribution is 5.50. The molecule has 5 nitrogen and oxygen atoms in total. The molecule has 0 spiro atoms. The molecular weight excluding hydrogens is 262 g/mol. The van der Waals surface area contributed by atoms with Gasteiger partial charge in [0.2, 0.25) is 0 Å². The van der Waals surface area contributed by atoms with Crippen LogP contribution in [-0.2, 0) is 0 Å². The van der Waals surface area contributed by atoms with E-state index in [1.165, 1.54) is 6.42 Å². The second-order valence-corrected chi connectivity index (χ2v) is 5.98. The molecular formula is C16H29N5. The zero-order valence-electron chi connectivity index (χ0n) is 14.1. The highest BCUT2D eigenvalue weighted by Crippen LogP contribution is 2.25. The van der Waals surface area contributed by atoms with Gasteiger partial charge in [0.1, 0.15) is 17.5 Å². The lowest BCUT2D eigenvalue weighted by Gasteiger charge is -2.26. The molecule has 118 valence electrons. The molecule has 0 aliphatic carbocycles. The summed E-state index contributed by atoms with van der Waals surface area (Å²) in [4.78, 5) is 14.3. The topological polar surface area (TPSA) is 44.3 Å². The van der Waals surface area contributed by atoms with Crippen LogP contribution in [0.15, 0.2) is 6.07 Å². The Balaban J connectivity index is 2.17. The van der Waals surface area contributed by atoms with Crippen molar-refractivity contribution in [2.75, 3.05) is 43.4 Å². The van der Waals surface area contributed by atoms with Gasteiger partial charge in [0.05, 0.1) is 0 Å². The fraction of sp³-hybridized carbons (Fsp3) is 0.750. The second-order valence-electron chi connectivity index (χ2n) is 5.98. The quantitative estimate of drug-likeness (QED) is 0.872. The van der Waals surface area contributed by atoms with E-state index >= 15 is 0 Å². The molecule has 1 N–H and O–H groups in total. The third kappa shape index (κ3) is 3.64. The molecule has 2 heterocycles. The zero-order valence-corrected chi connectivity index (χ0v) is 14.1. The van der Waals surface area contributed by atoms with Crippen molar-refractivity contribution in [3.63, 3.8) is 0 Å². The lowest BCUT2D eigenvalue weighted by atomic mass is 10.2. The van der Waals surface area contributed by atoms with E-state index in [1.807, 2.05) is 7.05 Å². The van der Waals surface area contributed by atoms with Crippen LogP contribution in [0.5, 0.6) is 0 Å². The van der Waals surface area contributed by atoms with E-state index < -0.39 is 0 Å². The lowest BCUT2D eigenvalue weighted by Crippen LogP contribution is -2.37. The Morgan fingerprint density at radius 2 is 2.05 bits per heavy atom. The lowest BCUT2D eigenvalue weighted by molar-refractivity contribution is 0.232. The normalized spacial score (nSPS) is 18.8. The summed E-state index contributed by atoms with van der Waals surface area (Å²) in [6.45, 7) is 13.2. The van der Waals surface area contributed by atoms with Crippen molar-refractivity contribution in [1.82, 2.24) is 14.9 Å². The number of nitrogens with one attached hydrogen (secondary N) is 1. The first-order valence-electron chi connectivity index (χ1n) is 8.14. The Kier molecular flexibility index (Phi) is 5.39. The Bertz CT molecular complexity index is 456. The standard InChI is InChI=1S/C16H29N5/c1-6-20(7-2)13-8-9-21(11-13)15-10-14(17-5)18-16(19-15)12(3)4/h10,12-13H,6-9,11H2,1-5H3,(H,17,18,19). The van der Waals surface area contributed by atoms with Crippen LogP contribution < -0.4 is 10.2 Å². The molecule has 0 saturated carbocycles. The van der Waals surface area contributed by atoms with E-state index in [1.54, 1.807) is 0 Å². The molecule has 1 fully saturated rings. The average molecular weight is 291 g/mol. The van der Waals surface area contributed by atoms with Crippen LogP contribution in [0, 0.1) is 0 Å². The molecule has 0 bridgehead atoms. The summed E-state index contributed by atoms with van der Waals surface area (Å²) in [5.74, 6) is 3.24. The van der Waals surface area contributed by atoms with E-state index in [0.29, 0.717) is 12.0 Å². The van der Waals surface area contributed by atoms with Gasteiger partial charge in [0.25, 0.3) is 0 Å². The number of likely N-dealkylation sites (N-methyl/N-ethyl adjacent to an activating group) is 1. The van der Waals surface area contributed by atoms with Gasteiger partial charge in [0, 0.05) is 38.2 Å². The number of hydrogen-bond acceptors (Lipinski definition) is 5. The summed E-state index contributed by atoms with van der Waals surface area (Å²) in [5.41, 5.74) is 0. The number of aromatic nitrogens is 2. The molecule has 1 atom stereocenters. The molecule has 1 unspecified atom stereocenters. The molecule has 1 aromatic heterocycles. The minimum Gasteiger partial charge on any atom is -0.373 e. The fourth-order valence-electron chi connectivity index (χ4n) is 2.99. The number of hydrogen-bond donors (Lipinski definition) is 1. The first-order valence-corrected chi connectivity index (χ1v) is 8.14. The summed E-state index contributed by atoms with van der Waals surface area (Å²) >= 11 is 0. The number of anilines is 2. The number of nitrogens with zero attached hydrogens (tertiary/aromatic N) is 4. The van der Waals surface area contributed by atoms with Crippen molar-refractivity contribution < 1.29 is 0 Å². The Morgan fingerprint density at radius 1 is 1.33 bits per heavy atom. The van der Waals surface area contributed by atoms with Crippen LogP contribution >= 0.6 is 0 Å². The predicted molar refractivity (Wildman–Crippen MR) is 89.2 cm³/mol. The SMILES string of the molecule is CCN(CC)C1CCN(c2cc(NC)nc(C(C)C)n2)C1. The average Bonchev–Trinajstić information content (AvgIpc) is 2.97. The molecule has 0 aromatic carbocycles. The van der Waals surface area contributed by atoms with Crippen molar-refractivity contribution in [1.29, 1.82) is 0 Å². The third-order valence-corrected chi connectivity index (χ3v) is 4.32. The molecule has 2 rings (SSSR count). The maximum absolute atomic E-state index is 4.76. The second kappa shape index (κ2) is 7.07. The van der Waals surface area contributed by atoms with Crippen LogP contribution in [0.2, 0.25) is 0 Å². The zero-order chi connectivity index (χ0) is 15.4. The van der Waals surface area contributed by atoms with E-state index in [9.17, 15) is 0 Å². The Labute approximate surface area is 128 Å². The fourth-order valence-corrected chi connectivity index (χ4v) is 2.99. The van der Waals surface area contributed by atoms with Crippen molar-refractivity contribution in [3.8, 4) is 0 Å². The maximum Gasteiger partial charge on any atom is 0.135 e. The van der Waals surface area contributed by atoms with E-state index in [0.717, 1.165) is 43.6 Å². The molecule has 0 radical (unpaired) electrons. The monoisotopic (exact) mass is 291 g/mol. The first kappa shape index (κ1) is 16.0. The summed E-state index contributed by atoms with van der Waals surface area (Å²) in [7, 11) is 1.92. The highest BCUT2D eigenvalue weighted by Gasteiger charge is 2.27. The van der Waals surface area contributed by atoms with Crippen molar-refractivity contribution in [2.24, 2.45) is 0 Å². The smallest absolute Gasteiger partial charge is 0.135 e. The van der Waals surface area contributed by atoms with Gasteiger partial charge in [-0.25, -0.2) is 9.97 Å². The van der Waals surface area contributed by atoms with E-state index in [2.05, 4.69) is 53.9 Å². The molecule has 1 aromatic rings. The van der Waals surface area contributed by atoms with Crippen LogP contribution in [-0.4, -0.2) is 54.1 Å². The molecule has 1 aliphatic heterocycles. The van der Waals surface area contributed by atoms with Crippen LogP contribution in [0.4, 0.5) is 11.6 Å². The molecule has 5 heteroatoms. The highest BCUT2D eigenvalue weighted by atomic mass is 15.3. The van der Waals surface area contributed by atoms with Crippen LogP contribution in [0.25, 0.3) is 0 Å². The van der Waals surface area contributed by atoms with Gasteiger partial charge in [-0.3, -0.25) is 4.90 Å². The van der Waals surface area contributed by atoms with Gasteiger partial charge in [-0.15, -0.1) is 0 Å². The summed E-state index contributed by atoms with van der Waals surface area (Å²) in [6, 6.07) is 2.71. The molecule has 21 heavy (non-hydrogen) atoms. The van der Waals surface area contributed by atoms with Gasteiger partial charge in [-0.05, 0) is 19.5 Å². The van der Waals surface area contributed by atoms with Crippen molar-refractivity contribution in [3.05, 3.63) is 11.9 Å². The molecule has 1 aliphatic rings. The van der Waals surface area contributed by atoms with Crippen LogP contribution in [0.1, 0.15) is 45.9 Å². The van der Waals surface area contributed by atoms with Gasteiger partial charge in [-0.1, -0.05) is 27.7 Å². The number of rotatable bonds is 6.